The van der Waals surface area contributed by atoms with Crippen LogP contribution in [0.3, 0.4) is 0 Å². The Balaban J connectivity index is 1.98. The van der Waals surface area contributed by atoms with Crippen molar-refractivity contribution in [2.75, 3.05) is 25.3 Å². The van der Waals surface area contributed by atoms with E-state index in [0.29, 0.717) is 10.8 Å². The molecule has 0 saturated carbocycles. The highest BCUT2D eigenvalue weighted by Gasteiger charge is 2.16. The van der Waals surface area contributed by atoms with Crippen LogP contribution in [0.2, 0.25) is 10.0 Å². The van der Waals surface area contributed by atoms with E-state index in [1.54, 1.807) is 18.2 Å². The van der Waals surface area contributed by atoms with Crippen molar-refractivity contribution in [3.8, 4) is 5.75 Å². The van der Waals surface area contributed by atoms with Crippen LogP contribution in [0.5, 0.6) is 5.75 Å². The van der Waals surface area contributed by atoms with Crippen LogP contribution >= 0.6 is 35.0 Å². The number of hydrogen-bond donors (Lipinski definition) is 1. The molecular weight excluding hydrogens is 387 g/mol. The van der Waals surface area contributed by atoms with Crippen LogP contribution < -0.4 is 10.1 Å². The second-order valence-electron chi connectivity index (χ2n) is 4.67. The summed E-state index contributed by atoms with van der Waals surface area (Å²) in [5.41, 5.74) is 0.232. The average Bonchev–Trinajstić information content (AvgIpc) is 2.61. The van der Waals surface area contributed by atoms with Gasteiger partial charge < -0.3 is 14.8 Å². The number of pyridine rings is 1. The van der Waals surface area contributed by atoms with Gasteiger partial charge in [0.15, 0.2) is 12.4 Å². The molecule has 0 aliphatic rings. The molecule has 0 bridgehead atoms. The van der Waals surface area contributed by atoms with Crippen molar-refractivity contribution < 1.29 is 19.1 Å². The van der Waals surface area contributed by atoms with Crippen LogP contribution in [0.1, 0.15) is 10.4 Å². The predicted octanol–water partition coefficient (Wildman–Crippen LogP) is 3.91. The normalized spacial score (nSPS) is 10.2. The van der Waals surface area contributed by atoms with Crippen molar-refractivity contribution in [1.29, 1.82) is 0 Å². The Morgan fingerprint density at radius 3 is 2.68 bits per heavy atom. The summed E-state index contributed by atoms with van der Waals surface area (Å²) in [6.45, 7) is -0.493. The lowest BCUT2D eigenvalue weighted by molar-refractivity contribution is -0.119. The van der Waals surface area contributed by atoms with Crippen molar-refractivity contribution in [2.24, 2.45) is 0 Å². The van der Waals surface area contributed by atoms with E-state index < -0.39 is 18.5 Å². The van der Waals surface area contributed by atoms with Crippen LogP contribution in [0.25, 0.3) is 0 Å². The number of carbonyl (C=O) groups excluding carboxylic acids is 2. The zero-order valence-corrected chi connectivity index (χ0v) is 15.7. The quantitative estimate of drug-likeness (QED) is 0.584. The van der Waals surface area contributed by atoms with E-state index in [-0.39, 0.29) is 16.4 Å². The van der Waals surface area contributed by atoms with Gasteiger partial charge in [0.05, 0.1) is 17.2 Å². The number of ether oxygens (including phenoxy) is 2. The van der Waals surface area contributed by atoms with Crippen molar-refractivity contribution >= 4 is 52.7 Å². The van der Waals surface area contributed by atoms with Gasteiger partial charge in [-0.1, -0.05) is 23.2 Å². The molecule has 0 spiro atoms. The number of aromatic nitrogens is 1. The van der Waals surface area contributed by atoms with Gasteiger partial charge in [0.25, 0.3) is 5.91 Å². The maximum Gasteiger partial charge on any atom is 0.342 e. The molecule has 2 rings (SSSR count). The molecule has 1 aromatic carbocycles. The molecule has 1 heterocycles. The van der Waals surface area contributed by atoms with E-state index in [9.17, 15) is 9.59 Å². The first-order chi connectivity index (χ1) is 11.9. The monoisotopic (exact) mass is 400 g/mol. The topological polar surface area (TPSA) is 77.5 Å². The molecule has 1 N–H and O–H groups in total. The van der Waals surface area contributed by atoms with Gasteiger partial charge in [-0.3, -0.25) is 4.79 Å². The summed E-state index contributed by atoms with van der Waals surface area (Å²) in [4.78, 5) is 28.9. The number of nitrogens with one attached hydrogen (secondary N) is 1. The molecule has 9 heteroatoms. The fourth-order valence-corrected chi connectivity index (χ4v) is 2.71. The SMILES string of the molecule is COc1cc(SC)ccc1C(=O)OCC(=O)Nc1ncc(Cl)cc1Cl. The lowest BCUT2D eigenvalue weighted by Gasteiger charge is -2.10. The average molecular weight is 401 g/mol. The van der Waals surface area contributed by atoms with E-state index in [1.807, 2.05) is 6.26 Å². The third-order valence-electron chi connectivity index (χ3n) is 3.03. The lowest BCUT2D eigenvalue weighted by atomic mass is 10.2. The Morgan fingerprint density at radius 1 is 1.28 bits per heavy atom. The van der Waals surface area contributed by atoms with Gasteiger partial charge in [0, 0.05) is 11.1 Å². The van der Waals surface area contributed by atoms with Gasteiger partial charge in [-0.25, -0.2) is 9.78 Å². The first-order valence-corrected chi connectivity index (χ1v) is 8.92. The highest BCUT2D eigenvalue weighted by molar-refractivity contribution is 7.98. The number of halogens is 2. The molecule has 0 radical (unpaired) electrons. The number of rotatable bonds is 6. The fraction of sp³-hybridized carbons (Fsp3) is 0.188. The Morgan fingerprint density at radius 2 is 2.04 bits per heavy atom. The third kappa shape index (κ3) is 5.26. The number of hydrogen-bond acceptors (Lipinski definition) is 6. The maximum atomic E-state index is 12.1. The number of esters is 1. The van der Waals surface area contributed by atoms with Gasteiger partial charge in [-0.05, 0) is 30.5 Å². The highest BCUT2D eigenvalue weighted by atomic mass is 35.5. The van der Waals surface area contributed by atoms with Crippen LogP contribution in [-0.4, -0.2) is 36.8 Å². The van der Waals surface area contributed by atoms with E-state index >= 15 is 0 Å². The van der Waals surface area contributed by atoms with Crippen LogP contribution in [0, 0.1) is 0 Å². The predicted molar refractivity (Wildman–Crippen MR) is 97.9 cm³/mol. The summed E-state index contributed by atoms with van der Waals surface area (Å²) in [7, 11) is 1.46. The smallest absolute Gasteiger partial charge is 0.342 e. The number of methoxy groups -OCH3 is 1. The molecular formula is C16H14Cl2N2O4S. The Bertz CT molecular complexity index is 802. The molecule has 0 saturated heterocycles. The number of carbonyl (C=O) groups is 2. The number of benzene rings is 1. The first kappa shape index (κ1) is 19.4. The molecule has 2 aromatic rings. The third-order valence-corrected chi connectivity index (χ3v) is 4.25. The van der Waals surface area contributed by atoms with Gasteiger partial charge in [0.2, 0.25) is 0 Å². The van der Waals surface area contributed by atoms with Crippen molar-refractivity contribution in [1.82, 2.24) is 4.98 Å². The second kappa shape index (κ2) is 8.94. The van der Waals surface area contributed by atoms with E-state index in [4.69, 9.17) is 32.7 Å². The molecule has 25 heavy (non-hydrogen) atoms. The van der Waals surface area contributed by atoms with Crippen molar-refractivity contribution in [3.05, 3.63) is 46.1 Å². The molecule has 0 fully saturated rings. The summed E-state index contributed by atoms with van der Waals surface area (Å²) in [6, 6.07) is 6.51. The molecule has 0 unspecified atom stereocenters. The number of thioether (sulfide) groups is 1. The van der Waals surface area contributed by atoms with Gasteiger partial charge in [0.1, 0.15) is 11.3 Å². The van der Waals surface area contributed by atoms with E-state index in [2.05, 4.69) is 10.3 Å². The largest absolute Gasteiger partial charge is 0.496 e. The van der Waals surface area contributed by atoms with E-state index in [1.165, 1.54) is 31.1 Å². The van der Waals surface area contributed by atoms with Crippen molar-refractivity contribution in [2.45, 2.75) is 4.90 Å². The van der Waals surface area contributed by atoms with Crippen molar-refractivity contribution in [3.63, 3.8) is 0 Å². The van der Waals surface area contributed by atoms with Gasteiger partial charge >= 0.3 is 5.97 Å². The Hall–Kier alpha value is -1.96. The minimum atomic E-state index is -0.671. The minimum absolute atomic E-state index is 0.133. The zero-order chi connectivity index (χ0) is 18.4. The molecule has 1 amide bonds. The second-order valence-corrected chi connectivity index (χ2v) is 6.40. The zero-order valence-electron chi connectivity index (χ0n) is 13.3. The summed E-state index contributed by atoms with van der Waals surface area (Å²) in [6.07, 6.45) is 3.25. The van der Waals surface area contributed by atoms with Gasteiger partial charge in [-0.15, -0.1) is 11.8 Å². The number of amides is 1. The first-order valence-electron chi connectivity index (χ1n) is 6.94. The molecule has 132 valence electrons. The van der Waals surface area contributed by atoms with Crippen LogP contribution in [0.4, 0.5) is 5.82 Å². The molecule has 6 nitrogen and oxygen atoms in total. The summed E-state index contributed by atoms with van der Waals surface area (Å²) < 4.78 is 10.2. The molecule has 0 aliphatic carbocycles. The number of nitrogens with zero attached hydrogens (tertiary/aromatic N) is 1. The summed E-state index contributed by atoms with van der Waals surface area (Å²) in [5.74, 6) is -0.742. The molecule has 1 aromatic heterocycles. The Kier molecular flexibility index (Phi) is 6.92. The summed E-state index contributed by atoms with van der Waals surface area (Å²) >= 11 is 13.2. The highest BCUT2D eigenvalue weighted by Crippen LogP contribution is 2.26. The summed E-state index contributed by atoms with van der Waals surface area (Å²) in [5, 5.41) is 2.96. The van der Waals surface area contributed by atoms with Crippen LogP contribution in [-0.2, 0) is 9.53 Å². The maximum absolute atomic E-state index is 12.1. The van der Waals surface area contributed by atoms with Crippen LogP contribution in [0.15, 0.2) is 35.4 Å². The fourth-order valence-electron chi connectivity index (χ4n) is 1.85. The molecule has 0 atom stereocenters. The Labute approximate surface area is 158 Å². The standard InChI is InChI=1S/C16H14Cl2N2O4S/c1-23-13-6-10(25-2)3-4-11(13)16(22)24-8-14(21)20-15-12(18)5-9(17)7-19-15/h3-7H,8H2,1-2H3,(H,19,20,21). The molecule has 0 aliphatic heterocycles. The van der Waals surface area contributed by atoms with Gasteiger partial charge in [-0.2, -0.15) is 0 Å². The minimum Gasteiger partial charge on any atom is -0.496 e. The lowest BCUT2D eigenvalue weighted by Crippen LogP contribution is -2.21. The number of anilines is 1. The van der Waals surface area contributed by atoms with E-state index in [0.717, 1.165) is 4.90 Å².